The number of rotatable bonds is 19. The van der Waals surface area contributed by atoms with Crippen molar-refractivity contribution in [3.05, 3.63) is 116 Å². The second-order valence-corrected chi connectivity index (χ2v) is 13.1. The summed E-state index contributed by atoms with van der Waals surface area (Å²) in [6, 6.07) is 23.2. The lowest BCUT2D eigenvalue weighted by atomic mass is 10.0. The number of esters is 1. The predicted molar refractivity (Wildman–Crippen MR) is 185 cm³/mol. The molecule has 0 amide bonds. The average molecular weight is 693 g/mol. The van der Waals surface area contributed by atoms with Gasteiger partial charge in [-0.1, -0.05) is 37.3 Å². The third kappa shape index (κ3) is 11.9. The molecule has 4 rings (SSSR count). The van der Waals surface area contributed by atoms with Crippen LogP contribution in [-0.2, 0) is 38.6 Å². The second-order valence-electron chi connectivity index (χ2n) is 13.1. The number of piperidine rings is 1. The van der Waals surface area contributed by atoms with Crippen molar-refractivity contribution in [3.63, 3.8) is 0 Å². The number of likely N-dealkylation sites (tertiary alicyclic amines) is 1. The largest absolute Gasteiger partial charge is 0.511 e. The van der Waals surface area contributed by atoms with E-state index in [0.717, 1.165) is 73.2 Å². The van der Waals surface area contributed by atoms with Crippen molar-refractivity contribution >= 4 is 23.5 Å². The molecule has 13 heteroatoms. The molecular weight excluding hydrogens is 644 g/mol. The minimum absolute atomic E-state index is 0.0316. The number of carbonyl (C=O) groups excluding carboxylic acids is 2. The second kappa shape index (κ2) is 18.8. The quantitative estimate of drug-likeness (QED) is 0.0423. The molecule has 268 valence electrons. The van der Waals surface area contributed by atoms with Crippen molar-refractivity contribution in [1.29, 1.82) is 0 Å². The molecule has 1 fully saturated rings. The van der Waals surface area contributed by atoms with Crippen molar-refractivity contribution in [3.8, 4) is 0 Å². The van der Waals surface area contributed by atoms with E-state index >= 15 is 0 Å². The van der Waals surface area contributed by atoms with Crippen molar-refractivity contribution < 1.29 is 42.6 Å². The summed E-state index contributed by atoms with van der Waals surface area (Å²) in [6.07, 6.45) is 4.08. The van der Waals surface area contributed by atoms with Gasteiger partial charge in [-0.15, -0.1) is 0 Å². The van der Waals surface area contributed by atoms with Crippen LogP contribution in [0.25, 0.3) is 0 Å². The number of non-ortho nitro benzene ring substituents is 2. The zero-order valence-corrected chi connectivity index (χ0v) is 28.8. The topological polar surface area (TPSA) is 148 Å². The molecule has 13 nitrogen and oxygen atoms in total. The van der Waals surface area contributed by atoms with Crippen molar-refractivity contribution in [2.75, 3.05) is 46.1 Å². The molecule has 1 aliphatic rings. The van der Waals surface area contributed by atoms with Gasteiger partial charge in [-0.25, -0.2) is 4.79 Å². The van der Waals surface area contributed by atoms with E-state index in [-0.39, 0.29) is 24.4 Å². The monoisotopic (exact) mass is 692 g/mol. The zero-order chi connectivity index (χ0) is 35.8. The molecule has 1 atom stereocenters. The number of quaternary nitrogens is 2. The normalized spacial score (nSPS) is 15.0. The van der Waals surface area contributed by atoms with Gasteiger partial charge < -0.3 is 23.2 Å². The highest BCUT2D eigenvalue weighted by Crippen LogP contribution is 2.26. The Morgan fingerprint density at radius 3 is 1.90 bits per heavy atom. The maximum Gasteiger partial charge on any atom is 0.511 e. The molecule has 0 aromatic heterocycles. The number of benzene rings is 3. The van der Waals surface area contributed by atoms with Gasteiger partial charge in [0.05, 0.1) is 42.4 Å². The van der Waals surface area contributed by atoms with Crippen molar-refractivity contribution in [2.24, 2.45) is 0 Å². The molecule has 1 aliphatic heterocycles. The van der Waals surface area contributed by atoms with Crippen LogP contribution in [-0.4, -0.2) is 77.1 Å². The SMILES string of the molecule is CCC[N+](CCOC(=O)OCOC(=O)CCC[N+]1(Cc2ccc([N+](=O)[O-])cc2)CCCCC1)(Cc1ccccc1)Cc1ccc([N+](=O)[O-])cc1. The smallest absolute Gasteiger partial charge is 0.428 e. The molecule has 0 N–H and O–H groups in total. The van der Waals surface area contributed by atoms with Gasteiger partial charge >= 0.3 is 12.1 Å². The van der Waals surface area contributed by atoms with Gasteiger partial charge in [-0.2, -0.15) is 0 Å². The van der Waals surface area contributed by atoms with Crippen molar-refractivity contribution in [2.45, 2.75) is 65.1 Å². The number of nitrogens with zero attached hydrogens (tertiary/aromatic N) is 4. The minimum Gasteiger partial charge on any atom is -0.428 e. The molecule has 1 saturated heterocycles. The fourth-order valence-electron chi connectivity index (χ4n) is 6.93. The van der Waals surface area contributed by atoms with Gasteiger partial charge in [0, 0.05) is 47.4 Å². The maximum atomic E-state index is 12.5. The lowest BCUT2D eigenvalue weighted by molar-refractivity contribution is -0.953. The van der Waals surface area contributed by atoms with E-state index in [4.69, 9.17) is 14.2 Å². The van der Waals surface area contributed by atoms with Crippen LogP contribution < -0.4 is 0 Å². The summed E-state index contributed by atoms with van der Waals surface area (Å²) in [5, 5.41) is 22.2. The minimum atomic E-state index is -0.927. The Hall–Kier alpha value is -4.88. The Kier molecular flexibility index (Phi) is 14.2. The average Bonchev–Trinajstić information content (AvgIpc) is 3.10. The Bertz CT molecular complexity index is 1550. The van der Waals surface area contributed by atoms with Gasteiger partial charge in [0.15, 0.2) is 0 Å². The van der Waals surface area contributed by atoms with Crippen LogP contribution in [0.5, 0.6) is 0 Å². The standard InChI is InChI=1S/C37H48N4O9/c1-2-21-41(28-31-10-5-3-6-11-31,29-33-15-19-35(20-16-33)39(46)47)25-26-48-37(43)50-30-49-36(42)12-9-24-40(22-7-4-8-23-40)27-32-13-17-34(18-14-32)38(44)45/h3,5-6,10-11,13-20H,2,4,7-9,12,21-30H2,1H3/q+2. The van der Waals surface area contributed by atoms with E-state index in [9.17, 15) is 29.8 Å². The van der Waals surface area contributed by atoms with Gasteiger partial charge in [0.25, 0.3) is 11.4 Å². The Morgan fingerprint density at radius 2 is 1.32 bits per heavy atom. The van der Waals surface area contributed by atoms with E-state index in [1.165, 1.54) is 30.7 Å². The molecule has 0 bridgehead atoms. The first-order chi connectivity index (χ1) is 24.1. The number of hydrogen-bond acceptors (Lipinski definition) is 9. The first-order valence-electron chi connectivity index (χ1n) is 17.3. The van der Waals surface area contributed by atoms with E-state index in [1.54, 1.807) is 12.1 Å². The summed E-state index contributed by atoms with van der Waals surface area (Å²) < 4.78 is 17.0. The number of hydrogen-bond donors (Lipinski definition) is 0. The van der Waals surface area contributed by atoms with Crippen LogP contribution in [0.3, 0.4) is 0 Å². The lowest BCUT2D eigenvalue weighted by Crippen LogP contribution is -2.51. The molecule has 0 radical (unpaired) electrons. The molecule has 0 saturated carbocycles. The predicted octanol–water partition coefficient (Wildman–Crippen LogP) is 7.07. The summed E-state index contributed by atoms with van der Waals surface area (Å²) in [4.78, 5) is 46.3. The molecule has 1 heterocycles. The number of nitro groups is 2. The van der Waals surface area contributed by atoms with Crippen molar-refractivity contribution in [1.82, 2.24) is 0 Å². The van der Waals surface area contributed by atoms with Gasteiger partial charge in [0.1, 0.15) is 32.8 Å². The third-order valence-corrected chi connectivity index (χ3v) is 9.35. The molecule has 1 unspecified atom stereocenters. The van der Waals surface area contributed by atoms with E-state index < -0.39 is 28.8 Å². The zero-order valence-electron chi connectivity index (χ0n) is 28.8. The first-order valence-corrected chi connectivity index (χ1v) is 17.3. The first kappa shape index (κ1) is 37.9. The van der Waals surface area contributed by atoms with Gasteiger partial charge in [-0.3, -0.25) is 25.0 Å². The van der Waals surface area contributed by atoms with Gasteiger partial charge in [-0.05, 0) is 49.9 Å². The number of ether oxygens (including phenoxy) is 3. The molecule has 0 spiro atoms. The van der Waals surface area contributed by atoms with E-state index in [2.05, 4.69) is 19.1 Å². The number of carbonyl (C=O) groups is 2. The summed E-state index contributed by atoms with van der Waals surface area (Å²) in [5.74, 6) is -0.465. The molecule has 3 aromatic rings. The Morgan fingerprint density at radius 1 is 0.740 bits per heavy atom. The van der Waals surface area contributed by atoms with Crippen LogP contribution in [0.1, 0.15) is 62.1 Å². The highest BCUT2D eigenvalue weighted by Gasteiger charge is 2.31. The summed E-state index contributed by atoms with van der Waals surface area (Å²) >= 11 is 0. The highest BCUT2D eigenvalue weighted by atomic mass is 16.8. The third-order valence-electron chi connectivity index (χ3n) is 9.35. The highest BCUT2D eigenvalue weighted by molar-refractivity contribution is 5.69. The van der Waals surface area contributed by atoms with Crippen LogP contribution in [0, 0.1) is 20.2 Å². The summed E-state index contributed by atoms with van der Waals surface area (Å²) in [5.41, 5.74) is 3.19. The summed E-state index contributed by atoms with van der Waals surface area (Å²) in [6.45, 7) is 7.64. The van der Waals surface area contributed by atoms with Crippen LogP contribution in [0.2, 0.25) is 0 Å². The number of nitro benzene ring substituents is 2. The lowest BCUT2D eigenvalue weighted by Gasteiger charge is -2.41. The maximum absolute atomic E-state index is 12.5. The Balaban J connectivity index is 1.23. The summed E-state index contributed by atoms with van der Waals surface area (Å²) in [7, 11) is 0. The van der Waals surface area contributed by atoms with E-state index in [1.807, 2.05) is 30.3 Å². The van der Waals surface area contributed by atoms with Crippen LogP contribution in [0.4, 0.5) is 16.2 Å². The Labute approximate surface area is 292 Å². The molecule has 3 aromatic carbocycles. The fraction of sp³-hybridized carbons (Fsp3) is 0.459. The molecule has 0 aliphatic carbocycles. The van der Waals surface area contributed by atoms with Crippen LogP contribution in [0.15, 0.2) is 78.9 Å². The van der Waals surface area contributed by atoms with Gasteiger partial charge in [0.2, 0.25) is 6.79 Å². The van der Waals surface area contributed by atoms with E-state index in [0.29, 0.717) is 30.5 Å². The van der Waals surface area contributed by atoms with Crippen LogP contribution >= 0.6 is 0 Å². The fourth-order valence-corrected chi connectivity index (χ4v) is 6.93. The molecular formula is C37H48N4O9+2. The molecule has 50 heavy (non-hydrogen) atoms.